The van der Waals surface area contributed by atoms with Crippen LogP contribution >= 0.6 is 0 Å². The molecule has 0 aromatic carbocycles. The quantitative estimate of drug-likeness (QED) is 0.553. The van der Waals surface area contributed by atoms with E-state index in [1.807, 2.05) is 0 Å². The van der Waals surface area contributed by atoms with E-state index in [1.54, 1.807) is 20.8 Å². The van der Waals surface area contributed by atoms with E-state index in [2.05, 4.69) is 0 Å². The van der Waals surface area contributed by atoms with Crippen molar-refractivity contribution < 1.29 is 24.8 Å². The Labute approximate surface area is 83.3 Å². The third-order valence-corrected chi connectivity index (χ3v) is 2.21. The molecule has 14 heavy (non-hydrogen) atoms. The van der Waals surface area contributed by atoms with Crippen LogP contribution in [0.4, 0.5) is 0 Å². The molecule has 0 amide bonds. The van der Waals surface area contributed by atoms with E-state index >= 15 is 0 Å². The Morgan fingerprint density at radius 2 is 1.64 bits per heavy atom. The first-order valence-electron chi connectivity index (χ1n) is 4.78. The van der Waals surface area contributed by atoms with Crippen molar-refractivity contribution in [2.24, 2.45) is 0 Å². The van der Waals surface area contributed by atoms with E-state index < -0.39 is 30.7 Å². The summed E-state index contributed by atoms with van der Waals surface area (Å²) in [4.78, 5) is 0. The number of ether oxygens (including phenoxy) is 2. The second-order valence-corrected chi connectivity index (χ2v) is 3.87. The predicted octanol–water partition coefficient (Wildman–Crippen LogP) is -0.761. The van der Waals surface area contributed by atoms with Gasteiger partial charge in [0.1, 0.15) is 18.3 Å². The monoisotopic (exact) mass is 206 g/mol. The zero-order valence-electron chi connectivity index (χ0n) is 8.62. The first-order valence-corrected chi connectivity index (χ1v) is 4.78. The predicted molar refractivity (Wildman–Crippen MR) is 48.6 cm³/mol. The second kappa shape index (κ2) is 4.55. The topological polar surface area (TPSA) is 79.2 Å². The summed E-state index contributed by atoms with van der Waals surface area (Å²) in [6, 6.07) is 0. The summed E-state index contributed by atoms with van der Waals surface area (Å²) in [6.07, 6.45) is -5.02. The highest BCUT2D eigenvalue weighted by Crippen LogP contribution is 2.22. The van der Waals surface area contributed by atoms with Gasteiger partial charge in [0.25, 0.3) is 0 Å². The van der Waals surface area contributed by atoms with E-state index in [0.717, 1.165) is 0 Å². The van der Waals surface area contributed by atoms with Gasteiger partial charge >= 0.3 is 0 Å². The van der Waals surface area contributed by atoms with Gasteiger partial charge in [0, 0.05) is 0 Å². The number of aliphatic hydroxyl groups excluding tert-OH is 3. The van der Waals surface area contributed by atoms with Crippen LogP contribution in [-0.4, -0.2) is 52.1 Å². The molecule has 1 rings (SSSR count). The normalized spacial score (nSPS) is 44.4. The van der Waals surface area contributed by atoms with E-state index in [1.165, 1.54) is 0 Å². The Morgan fingerprint density at radius 3 is 2.14 bits per heavy atom. The van der Waals surface area contributed by atoms with Crippen LogP contribution in [0.1, 0.15) is 20.8 Å². The van der Waals surface area contributed by atoms with Crippen LogP contribution < -0.4 is 0 Å². The van der Waals surface area contributed by atoms with Crippen LogP contribution in [0.3, 0.4) is 0 Å². The Morgan fingerprint density at radius 1 is 1.07 bits per heavy atom. The van der Waals surface area contributed by atoms with Gasteiger partial charge in [-0.25, -0.2) is 0 Å². The summed E-state index contributed by atoms with van der Waals surface area (Å²) in [5, 5.41) is 28.3. The van der Waals surface area contributed by atoms with Gasteiger partial charge in [-0.3, -0.25) is 0 Å². The summed E-state index contributed by atoms with van der Waals surface area (Å²) >= 11 is 0. The molecule has 0 aliphatic carbocycles. The van der Waals surface area contributed by atoms with Crippen LogP contribution in [-0.2, 0) is 9.47 Å². The lowest BCUT2D eigenvalue weighted by Crippen LogP contribution is -2.57. The second-order valence-electron chi connectivity index (χ2n) is 3.87. The molecule has 1 aliphatic rings. The lowest BCUT2D eigenvalue weighted by molar-refractivity contribution is -0.301. The highest BCUT2D eigenvalue weighted by Gasteiger charge is 2.42. The molecule has 1 heterocycles. The number of aliphatic hydroxyl groups is 3. The summed E-state index contributed by atoms with van der Waals surface area (Å²) < 4.78 is 10.5. The first kappa shape index (κ1) is 11.9. The molecule has 5 heteroatoms. The first-order chi connectivity index (χ1) is 6.43. The molecule has 1 saturated heterocycles. The van der Waals surface area contributed by atoms with Gasteiger partial charge in [-0.1, -0.05) is 0 Å². The van der Waals surface area contributed by atoms with E-state index in [-0.39, 0.29) is 6.10 Å². The fraction of sp³-hybridized carbons (Fsp3) is 1.00. The van der Waals surface area contributed by atoms with Crippen LogP contribution in [0, 0.1) is 0 Å². The molecule has 5 nitrogen and oxygen atoms in total. The molecule has 0 aromatic heterocycles. The smallest absolute Gasteiger partial charge is 0.186 e. The van der Waals surface area contributed by atoms with Gasteiger partial charge in [0.15, 0.2) is 6.29 Å². The minimum atomic E-state index is -1.22. The Bertz CT molecular complexity index is 184. The standard InChI is InChI=1S/C9H18O5/c1-4(2)13-9-8(12)7(11)6(10)5(3)14-9/h4-12H,1-3H3/t5?,6-,7+,8?,9-/m1/s1. The maximum atomic E-state index is 9.51. The molecular formula is C9H18O5. The molecule has 0 aromatic rings. The largest absolute Gasteiger partial charge is 0.388 e. The average molecular weight is 206 g/mol. The van der Waals surface area contributed by atoms with Crippen molar-refractivity contribution in [3.05, 3.63) is 0 Å². The van der Waals surface area contributed by atoms with Crippen molar-refractivity contribution in [1.82, 2.24) is 0 Å². The van der Waals surface area contributed by atoms with Crippen molar-refractivity contribution in [2.75, 3.05) is 0 Å². The van der Waals surface area contributed by atoms with E-state index in [0.29, 0.717) is 0 Å². The minimum Gasteiger partial charge on any atom is -0.388 e. The molecule has 84 valence electrons. The average Bonchev–Trinajstić information content (AvgIpc) is 2.10. The highest BCUT2D eigenvalue weighted by molar-refractivity contribution is 4.87. The van der Waals surface area contributed by atoms with E-state index in [4.69, 9.17) is 9.47 Å². The Balaban J connectivity index is 2.60. The van der Waals surface area contributed by atoms with Crippen molar-refractivity contribution in [1.29, 1.82) is 0 Å². The van der Waals surface area contributed by atoms with E-state index in [9.17, 15) is 15.3 Å². The third kappa shape index (κ3) is 2.43. The zero-order valence-corrected chi connectivity index (χ0v) is 8.62. The SMILES string of the molecule is CC(C)O[C@@H]1OC(C)[C@@H](O)[C@H](O)C1O. The molecule has 3 N–H and O–H groups in total. The minimum absolute atomic E-state index is 0.107. The number of hydrogen-bond acceptors (Lipinski definition) is 5. The zero-order chi connectivity index (χ0) is 10.9. The van der Waals surface area contributed by atoms with Crippen molar-refractivity contribution in [2.45, 2.75) is 57.6 Å². The molecular weight excluding hydrogens is 188 g/mol. The lowest BCUT2D eigenvalue weighted by Gasteiger charge is -2.39. The van der Waals surface area contributed by atoms with Gasteiger partial charge in [0.05, 0.1) is 12.2 Å². The Hall–Kier alpha value is -0.200. The lowest BCUT2D eigenvalue weighted by atomic mass is 10.00. The highest BCUT2D eigenvalue weighted by atomic mass is 16.7. The molecule has 5 atom stereocenters. The van der Waals surface area contributed by atoms with Gasteiger partial charge in [-0.2, -0.15) is 0 Å². The molecule has 2 unspecified atom stereocenters. The summed E-state index contributed by atoms with van der Waals surface area (Å²) in [6.45, 7) is 5.23. The van der Waals surface area contributed by atoms with Crippen molar-refractivity contribution >= 4 is 0 Å². The fourth-order valence-corrected chi connectivity index (χ4v) is 1.39. The molecule has 1 fully saturated rings. The molecule has 1 aliphatic heterocycles. The fourth-order valence-electron chi connectivity index (χ4n) is 1.39. The van der Waals surface area contributed by atoms with Crippen molar-refractivity contribution in [3.63, 3.8) is 0 Å². The summed E-state index contributed by atoms with van der Waals surface area (Å²) in [7, 11) is 0. The van der Waals surface area contributed by atoms with Gasteiger partial charge in [-0.05, 0) is 20.8 Å². The maximum Gasteiger partial charge on any atom is 0.186 e. The van der Waals surface area contributed by atoms with Crippen LogP contribution in [0.15, 0.2) is 0 Å². The van der Waals surface area contributed by atoms with Crippen LogP contribution in [0.25, 0.3) is 0 Å². The summed E-state index contributed by atoms with van der Waals surface area (Å²) in [5.41, 5.74) is 0. The molecule has 0 bridgehead atoms. The molecule has 0 saturated carbocycles. The molecule has 0 spiro atoms. The van der Waals surface area contributed by atoms with Gasteiger partial charge < -0.3 is 24.8 Å². The number of rotatable bonds is 2. The maximum absolute atomic E-state index is 9.51. The van der Waals surface area contributed by atoms with Gasteiger partial charge in [-0.15, -0.1) is 0 Å². The van der Waals surface area contributed by atoms with Crippen LogP contribution in [0.2, 0.25) is 0 Å². The Kier molecular flexibility index (Phi) is 3.86. The molecule has 0 radical (unpaired) electrons. The van der Waals surface area contributed by atoms with Crippen LogP contribution in [0.5, 0.6) is 0 Å². The van der Waals surface area contributed by atoms with Gasteiger partial charge in [0.2, 0.25) is 0 Å². The third-order valence-electron chi connectivity index (χ3n) is 2.21. The summed E-state index contributed by atoms with van der Waals surface area (Å²) in [5.74, 6) is 0. The van der Waals surface area contributed by atoms with Crippen molar-refractivity contribution in [3.8, 4) is 0 Å². The number of hydrogen-bond donors (Lipinski definition) is 3.